The maximum absolute atomic E-state index is 12.8. The molecule has 7 fully saturated rings. The smallest absolute Gasteiger partial charge is 0.217 e. The van der Waals surface area contributed by atoms with E-state index in [9.17, 15) is 111 Å². The summed E-state index contributed by atoms with van der Waals surface area (Å²) in [6.07, 6.45) is -58.7. The molecule has 7 saturated heterocycles. The van der Waals surface area contributed by atoms with E-state index >= 15 is 0 Å². The third-order valence-corrected chi connectivity index (χ3v) is 16.1. The Morgan fingerprint density at radius 1 is 0.315 bits per heavy atom. The van der Waals surface area contributed by atoms with Gasteiger partial charge in [-0.1, -0.05) is 0 Å². The molecule has 514 valence electrons. The Balaban J connectivity index is 1.12. The van der Waals surface area contributed by atoms with Gasteiger partial charge in [-0.2, -0.15) is 0 Å². The van der Waals surface area contributed by atoms with Crippen molar-refractivity contribution in [2.75, 3.05) is 39.6 Å². The van der Waals surface area contributed by atoms with E-state index in [1.165, 1.54) is 6.92 Å². The predicted octanol–water partition coefficient (Wildman–Crippen LogP) is -14.7. The van der Waals surface area contributed by atoms with Crippen LogP contribution in [0.5, 0.6) is 0 Å². The molecule has 89 heavy (non-hydrogen) atoms. The van der Waals surface area contributed by atoms with Gasteiger partial charge in [0.05, 0.1) is 45.7 Å². The maximum Gasteiger partial charge on any atom is 0.217 e. The summed E-state index contributed by atoms with van der Waals surface area (Å²) in [4.78, 5) is 49.9. The molecule has 0 unspecified atom stereocenters. The van der Waals surface area contributed by atoms with Gasteiger partial charge in [-0.25, -0.2) is 0 Å². The second kappa shape index (κ2) is 31.7. The van der Waals surface area contributed by atoms with Crippen LogP contribution in [0.1, 0.15) is 34.6 Å². The number of aliphatic hydroxyl groups is 18. The van der Waals surface area contributed by atoms with Crippen LogP contribution in [-0.2, 0) is 80.8 Å². The van der Waals surface area contributed by atoms with E-state index in [1.54, 1.807) is 0 Å². The van der Waals surface area contributed by atoms with Crippen molar-refractivity contribution in [1.82, 2.24) is 21.3 Å². The van der Waals surface area contributed by atoms with E-state index in [0.29, 0.717) is 0 Å². The molecule has 0 bridgehead atoms. The first-order valence-corrected chi connectivity index (χ1v) is 28.5. The summed E-state index contributed by atoms with van der Waals surface area (Å²) in [6, 6.07) is -6.87. The molecule has 22 N–H and O–H groups in total. The third-order valence-electron chi connectivity index (χ3n) is 16.1. The first kappa shape index (κ1) is 73.1. The molecule has 7 aliphatic heterocycles. The highest BCUT2D eigenvalue weighted by Crippen LogP contribution is 2.38. The van der Waals surface area contributed by atoms with Crippen molar-refractivity contribution >= 4 is 23.6 Å². The Labute approximate surface area is 505 Å². The summed E-state index contributed by atoms with van der Waals surface area (Å²) in [7, 11) is 0. The fourth-order valence-corrected chi connectivity index (χ4v) is 11.4. The van der Waals surface area contributed by atoms with Crippen molar-refractivity contribution in [2.45, 2.75) is 249 Å². The average molecular weight is 1300 g/mol. The van der Waals surface area contributed by atoms with Crippen molar-refractivity contribution in [3.63, 3.8) is 0 Å². The first-order valence-electron chi connectivity index (χ1n) is 28.5. The van der Waals surface area contributed by atoms with Gasteiger partial charge in [0.2, 0.25) is 23.6 Å². The van der Waals surface area contributed by atoms with Gasteiger partial charge in [-0.3, -0.25) is 19.2 Å². The highest BCUT2D eigenvalue weighted by molar-refractivity contribution is 5.74. The normalized spacial score (nSPS) is 48.0. The molecule has 35 atom stereocenters. The fourth-order valence-electron chi connectivity index (χ4n) is 11.4. The molecule has 0 aromatic rings. The highest BCUT2D eigenvalue weighted by Gasteiger charge is 2.59. The lowest BCUT2D eigenvalue weighted by Gasteiger charge is -2.51. The lowest BCUT2D eigenvalue weighted by Crippen LogP contribution is -2.71. The van der Waals surface area contributed by atoms with E-state index in [4.69, 9.17) is 61.6 Å². The predicted molar refractivity (Wildman–Crippen MR) is 277 cm³/mol. The lowest BCUT2D eigenvalue weighted by molar-refractivity contribution is -0.394. The van der Waals surface area contributed by atoms with Crippen LogP contribution in [-0.4, -0.2) is 370 Å². The summed E-state index contributed by atoms with van der Waals surface area (Å²) >= 11 is 0. The van der Waals surface area contributed by atoms with E-state index in [1.807, 2.05) is 0 Å². The zero-order valence-electron chi connectivity index (χ0n) is 48.4. The minimum atomic E-state index is -2.33. The Kier molecular flexibility index (Phi) is 26.0. The van der Waals surface area contributed by atoms with Crippen LogP contribution in [0.25, 0.3) is 0 Å². The minimum absolute atomic E-state index is 0.752. The molecule has 4 amide bonds. The summed E-state index contributed by atoms with van der Waals surface area (Å²) < 4.78 is 76.2. The number of carbonyl (C=O) groups is 4. The van der Waals surface area contributed by atoms with Crippen LogP contribution in [0.3, 0.4) is 0 Å². The summed E-state index contributed by atoms with van der Waals surface area (Å²) in [5.41, 5.74) is 0. The number of rotatable bonds is 22. The number of hydrogen-bond donors (Lipinski definition) is 22. The van der Waals surface area contributed by atoms with Crippen molar-refractivity contribution in [3.05, 3.63) is 0 Å². The van der Waals surface area contributed by atoms with Gasteiger partial charge in [0.15, 0.2) is 44.0 Å². The molecule has 39 nitrogen and oxygen atoms in total. The molecule has 0 spiro atoms. The van der Waals surface area contributed by atoms with Gasteiger partial charge in [-0.05, 0) is 6.92 Å². The largest absolute Gasteiger partial charge is 0.394 e. The molecule has 0 aliphatic carbocycles. The molecule has 0 aromatic carbocycles. The van der Waals surface area contributed by atoms with Crippen molar-refractivity contribution in [2.24, 2.45) is 0 Å². The molecule has 39 heteroatoms. The SMILES string of the molecule is CC(=O)N[C@@H]1[C@@H](O)[C@H](O[C@@H]2O[C@H](CO)[C@@H](O[C@@H]3O[C@H](CO)[C@@H](O)[C@H](O[C@H]4O[C@H](CO)[C@@H](O)[C@H](O)[C@@H]4O[C@@H]4O[C@H](CO)[C@@H](O[C@@H]5O[C@H](CO)[C@@H](O)[C@H](O)[C@H]5NC(C)=O)[C@H](O)[C@H]4NC(C)=O)[C@@H]3O)[C@H](O)[C@H]2NC(C)=O)[C@@H](CO[C@@H]2O[C@@H](C)[C@@H](O)[C@@H](O)[C@@H]2O)O[C@H]1O. The molecule has 0 saturated carbocycles. The highest BCUT2D eigenvalue weighted by atomic mass is 16.8. The van der Waals surface area contributed by atoms with Gasteiger partial charge in [0.25, 0.3) is 0 Å². The Hall–Kier alpha value is -3.36. The zero-order chi connectivity index (χ0) is 65.8. The second-order valence-electron chi connectivity index (χ2n) is 22.5. The van der Waals surface area contributed by atoms with Crippen molar-refractivity contribution in [1.29, 1.82) is 0 Å². The molecule has 0 aromatic heterocycles. The van der Waals surface area contributed by atoms with Gasteiger partial charge in [0, 0.05) is 27.7 Å². The average Bonchev–Trinajstić information content (AvgIpc) is 0.995. The monoisotopic (exact) mass is 1300 g/mol. The molecular formula is C50H84N4O35. The molecular weight excluding hydrogens is 1220 g/mol. The van der Waals surface area contributed by atoms with Crippen LogP contribution >= 0.6 is 0 Å². The molecule has 0 radical (unpaired) electrons. The lowest BCUT2D eigenvalue weighted by atomic mass is 9.93. The number of nitrogens with one attached hydrogen (secondary N) is 4. The fraction of sp³-hybridized carbons (Fsp3) is 0.920. The summed E-state index contributed by atoms with van der Waals surface area (Å²) in [6.45, 7) is -0.484. The number of amides is 4. The zero-order valence-corrected chi connectivity index (χ0v) is 48.4. The third kappa shape index (κ3) is 16.4. The number of hydrogen-bond acceptors (Lipinski definition) is 35. The van der Waals surface area contributed by atoms with Gasteiger partial charge in [-0.15, -0.1) is 0 Å². The van der Waals surface area contributed by atoms with Gasteiger partial charge >= 0.3 is 0 Å². The first-order chi connectivity index (χ1) is 42.0. The van der Waals surface area contributed by atoms with Crippen LogP contribution in [0.2, 0.25) is 0 Å². The minimum Gasteiger partial charge on any atom is -0.394 e. The van der Waals surface area contributed by atoms with Gasteiger partial charge in [0.1, 0.15) is 165 Å². The van der Waals surface area contributed by atoms with Crippen molar-refractivity contribution in [3.8, 4) is 0 Å². The van der Waals surface area contributed by atoms with Crippen molar-refractivity contribution < 1.29 is 173 Å². The van der Waals surface area contributed by atoms with Gasteiger partial charge < -0.3 is 175 Å². The standard InChI is InChI=1S/C50H84N4O35/c1-12-27(64)35(72)37(74)48(78-12)77-11-22-41(32(69)23(44(76)79-22)51-13(2)60)86-46-25(53-15(4)62)34(71)40(21(10-59)83-46)87-49-38(75)42(30(67)19(8-57)81-49)88-50-43(36(73)29(66)18(7-56)82-50)89-47-26(54-16(5)63)33(70)39(20(9-58)84-47)85-45-24(52-14(3)61)31(68)28(65)17(6-55)80-45/h12,17-50,55-59,64-76H,6-11H2,1-5H3,(H,51,60)(H,52,61)(H,53,62)(H,54,63)/t12-,17+,18+,19+,20+,21+,22+,23+,24+,25+,26+,27+,28+,29+,30+,31+,32+,33+,34+,35+,36-,37-,38-,39+,40+,41+,42-,43-,44+,45-,46-,47-,48+,49-,50+/m0/s1. The van der Waals surface area contributed by atoms with Crippen LogP contribution < -0.4 is 21.3 Å². The Bertz CT molecular complexity index is 2290. The molecule has 7 rings (SSSR count). The quantitative estimate of drug-likeness (QED) is 0.0479. The van der Waals surface area contributed by atoms with E-state index in [-0.39, 0.29) is 0 Å². The number of ether oxygens (including phenoxy) is 13. The van der Waals surface area contributed by atoms with Crippen LogP contribution in [0.15, 0.2) is 0 Å². The van der Waals surface area contributed by atoms with Crippen LogP contribution in [0, 0.1) is 0 Å². The molecule has 7 heterocycles. The summed E-state index contributed by atoms with van der Waals surface area (Å²) in [5.74, 6) is -3.27. The van der Waals surface area contributed by atoms with Crippen LogP contribution in [0.4, 0.5) is 0 Å². The van der Waals surface area contributed by atoms with E-state index in [0.717, 1.165) is 27.7 Å². The van der Waals surface area contributed by atoms with E-state index in [2.05, 4.69) is 21.3 Å². The number of carbonyl (C=O) groups excluding carboxylic acids is 4. The maximum atomic E-state index is 12.8. The second-order valence-corrected chi connectivity index (χ2v) is 22.5. The topological polar surface area (TPSA) is 601 Å². The van der Waals surface area contributed by atoms with E-state index < -0.39 is 278 Å². The number of aliphatic hydroxyl groups excluding tert-OH is 18. The Morgan fingerprint density at radius 3 is 1.15 bits per heavy atom. The summed E-state index contributed by atoms with van der Waals surface area (Å²) in [5, 5.41) is 207. The molecule has 7 aliphatic rings. The Morgan fingerprint density at radius 2 is 0.674 bits per heavy atom.